The van der Waals surface area contributed by atoms with Crippen LogP contribution in [0.4, 0.5) is 13.2 Å². The number of aliphatic carboxylic acids is 1. The van der Waals surface area contributed by atoms with E-state index >= 15 is 0 Å². The zero-order chi connectivity index (χ0) is 15.1. The summed E-state index contributed by atoms with van der Waals surface area (Å²) in [6.45, 7) is 0. The summed E-state index contributed by atoms with van der Waals surface area (Å²) >= 11 is 5.75. The van der Waals surface area contributed by atoms with Crippen LogP contribution in [0.15, 0.2) is 12.1 Å². The molecule has 3 nitrogen and oxygen atoms in total. The Morgan fingerprint density at radius 1 is 1.45 bits per heavy atom. The lowest BCUT2D eigenvalue weighted by molar-refractivity contribution is -0.138. The Morgan fingerprint density at radius 2 is 2.05 bits per heavy atom. The Hall–Kier alpha value is -1.43. The van der Waals surface area contributed by atoms with Crippen molar-refractivity contribution in [3.05, 3.63) is 28.3 Å². The van der Waals surface area contributed by atoms with Gasteiger partial charge in [0.25, 0.3) is 0 Å². The lowest BCUT2D eigenvalue weighted by Crippen LogP contribution is -2.17. The normalized spacial score (nSPS) is 16.9. The smallest absolute Gasteiger partial charge is 0.420 e. The van der Waals surface area contributed by atoms with Crippen LogP contribution in [0.2, 0.25) is 5.02 Å². The first-order chi connectivity index (χ1) is 9.19. The molecule has 7 heteroatoms. The van der Waals surface area contributed by atoms with E-state index in [0.717, 1.165) is 13.2 Å². The number of hydrogen-bond acceptors (Lipinski definition) is 2. The summed E-state index contributed by atoms with van der Waals surface area (Å²) < 4.78 is 43.9. The number of carboxylic acids is 1. The molecule has 0 atom stereocenters. The number of carboxylic acid groups (broad SMARTS) is 1. The Kier molecular flexibility index (Phi) is 3.62. The zero-order valence-corrected chi connectivity index (χ0v) is 11.3. The Morgan fingerprint density at radius 3 is 2.45 bits per heavy atom. The second-order valence-corrected chi connectivity index (χ2v) is 5.32. The van der Waals surface area contributed by atoms with Crippen molar-refractivity contribution in [2.24, 2.45) is 0 Å². The Balaban J connectivity index is 2.59. The summed E-state index contributed by atoms with van der Waals surface area (Å²) in [5.74, 6) is -1.39. The van der Waals surface area contributed by atoms with Crippen LogP contribution in [0.25, 0.3) is 0 Å². The van der Waals surface area contributed by atoms with E-state index in [-0.39, 0.29) is 22.8 Å². The fourth-order valence-electron chi connectivity index (χ4n) is 2.40. The minimum Gasteiger partial charge on any atom is -0.496 e. The predicted octanol–water partition coefficient (Wildman–Crippen LogP) is 3.87. The molecule has 1 aromatic carbocycles. The number of alkyl halides is 3. The molecule has 0 radical (unpaired) electrons. The van der Waals surface area contributed by atoms with Crippen molar-refractivity contribution in [1.29, 1.82) is 0 Å². The lowest BCUT2D eigenvalue weighted by Gasteiger charge is -2.21. The third-order valence-electron chi connectivity index (χ3n) is 3.48. The molecule has 1 saturated carbocycles. The molecule has 1 fully saturated rings. The van der Waals surface area contributed by atoms with Crippen molar-refractivity contribution in [3.8, 4) is 5.75 Å². The molecule has 110 valence electrons. The maximum Gasteiger partial charge on any atom is 0.420 e. The van der Waals surface area contributed by atoms with E-state index < -0.39 is 23.1 Å². The summed E-state index contributed by atoms with van der Waals surface area (Å²) in [6.07, 6.45) is -3.83. The first-order valence-electron chi connectivity index (χ1n) is 5.86. The third-order valence-corrected chi connectivity index (χ3v) is 3.70. The minimum absolute atomic E-state index is 0.0789. The molecule has 0 bridgehead atoms. The summed E-state index contributed by atoms with van der Waals surface area (Å²) in [6, 6.07) is 2.16. The number of hydrogen-bond donors (Lipinski definition) is 1. The van der Waals surface area contributed by atoms with Crippen molar-refractivity contribution < 1.29 is 27.8 Å². The van der Waals surface area contributed by atoms with Crippen LogP contribution in [0.5, 0.6) is 5.75 Å². The van der Waals surface area contributed by atoms with Crippen LogP contribution in [0.1, 0.15) is 30.4 Å². The molecule has 1 N–H and O–H groups in total. The number of ether oxygens (including phenoxy) is 1. The second kappa shape index (κ2) is 4.84. The second-order valence-electron chi connectivity index (χ2n) is 4.88. The van der Waals surface area contributed by atoms with Crippen molar-refractivity contribution in [2.75, 3.05) is 7.11 Å². The molecule has 1 aliphatic rings. The van der Waals surface area contributed by atoms with Crippen molar-refractivity contribution in [1.82, 2.24) is 0 Å². The van der Waals surface area contributed by atoms with Crippen LogP contribution < -0.4 is 4.74 Å². The first-order valence-corrected chi connectivity index (χ1v) is 6.24. The third kappa shape index (κ3) is 2.70. The van der Waals surface area contributed by atoms with E-state index in [1.807, 2.05) is 0 Å². The molecular weight excluding hydrogens is 297 g/mol. The van der Waals surface area contributed by atoms with Crippen LogP contribution in [-0.2, 0) is 16.4 Å². The highest BCUT2D eigenvalue weighted by Gasteiger charge is 2.50. The zero-order valence-electron chi connectivity index (χ0n) is 10.6. The quantitative estimate of drug-likeness (QED) is 0.918. The molecule has 1 aliphatic carbocycles. The van der Waals surface area contributed by atoms with E-state index in [9.17, 15) is 18.0 Å². The molecule has 0 spiro atoms. The molecule has 0 aliphatic heterocycles. The van der Waals surface area contributed by atoms with Gasteiger partial charge in [0.05, 0.1) is 19.1 Å². The van der Waals surface area contributed by atoms with Gasteiger partial charge < -0.3 is 9.84 Å². The summed E-state index contributed by atoms with van der Waals surface area (Å²) in [5, 5.41) is 8.84. The maximum absolute atomic E-state index is 13.0. The summed E-state index contributed by atoms with van der Waals surface area (Å²) in [7, 11) is 1.14. The van der Waals surface area contributed by atoms with E-state index in [2.05, 4.69) is 0 Å². The number of halogens is 4. The van der Waals surface area contributed by atoms with Gasteiger partial charge in [0.2, 0.25) is 0 Å². The van der Waals surface area contributed by atoms with Gasteiger partial charge in [0.1, 0.15) is 5.75 Å². The van der Waals surface area contributed by atoms with E-state index in [1.165, 1.54) is 6.07 Å². The minimum atomic E-state index is -4.61. The molecule has 1 aromatic rings. The number of benzene rings is 1. The molecule has 0 heterocycles. The van der Waals surface area contributed by atoms with Crippen LogP contribution >= 0.6 is 11.6 Å². The van der Waals surface area contributed by atoms with Gasteiger partial charge in [-0.05, 0) is 25.0 Å². The van der Waals surface area contributed by atoms with Gasteiger partial charge in [0, 0.05) is 16.0 Å². The summed E-state index contributed by atoms with van der Waals surface area (Å²) in [4.78, 5) is 10.9. The average molecular weight is 309 g/mol. The van der Waals surface area contributed by atoms with Crippen molar-refractivity contribution in [2.45, 2.75) is 30.9 Å². The fourth-order valence-corrected chi connectivity index (χ4v) is 2.62. The highest BCUT2D eigenvalue weighted by Crippen LogP contribution is 2.56. The predicted molar refractivity (Wildman–Crippen MR) is 66.2 cm³/mol. The summed E-state index contributed by atoms with van der Waals surface area (Å²) in [5.41, 5.74) is -1.55. The van der Waals surface area contributed by atoms with E-state index in [4.69, 9.17) is 21.4 Å². The molecule has 0 aromatic heterocycles. The van der Waals surface area contributed by atoms with Gasteiger partial charge in [0.15, 0.2) is 0 Å². The average Bonchev–Trinajstić information content (AvgIpc) is 3.06. The maximum atomic E-state index is 13.0. The van der Waals surface area contributed by atoms with Gasteiger partial charge >= 0.3 is 12.1 Å². The molecule has 20 heavy (non-hydrogen) atoms. The lowest BCUT2D eigenvalue weighted by atomic mass is 9.90. The van der Waals surface area contributed by atoms with Gasteiger partial charge in [-0.25, -0.2) is 0 Å². The van der Waals surface area contributed by atoms with Crippen molar-refractivity contribution in [3.63, 3.8) is 0 Å². The highest BCUT2D eigenvalue weighted by atomic mass is 35.5. The van der Waals surface area contributed by atoms with E-state index in [1.54, 1.807) is 0 Å². The topological polar surface area (TPSA) is 46.5 Å². The number of carbonyl (C=O) groups is 1. The standard InChI is InChI=1S/C13H12ClF3O3/c1-20-11-8(12(2-3-12)6-10(18)19)4-7(14)5-9(11)13(15,16)17/h4-5H,2-3,6H2,1H3,(H,18,19). The largest absolute Gasteiger partial charge is 0.496 e. The Bertz CT molecular complexity index is 551. The molecule has 0 unspecified atom stereocenters. The van der Waals surface area contributed by atoms with Gasteiger partial charge in [-0.15, -0.1) is 0 Å². The van der Waals surface area contributed by atoms with Crippen LogP contribution in [0.3, 0.4) is 0 Å². The number of methoxy groups -OCH3 is 1. The Labute approximate surface area is 118 Å². The monoisotopic (exact) mass is 308 g/mol. The highest BCUT2D eigenvalue weighted by molar-refractivity contribution is 6.30. The molecule has 2 rings (SSSR count). The van der Waals surface area contributed by atoms with Crippen molar-refractivity contribution >= 4 is 17.6 Å². The SMILES string of the molecule is COc1c(C(F)(F)F)cc(Cl)cc1C1(CC(=O)O)CC1. The van der Waals surface area contributed by atoms with Crippen LogP contribution in [-0.4, -0.2) is 18.2 Å². The number of rotatable bonds is 4. The molecular formula is C13H12ClF3O3. The fraction of sp³-hybridized carbons (Fsp3) is 0.462. The van der Waals surface area contributed by atoms with Gasteiger partial charge in [-0.3, -0.25) is 4.79 Å². The van der Waals surface area contributed by atoms with Gasteiger partial charge in [-0.2, -0.15) is 13.2 Å². The van der Waals surface area contributed by atoms with Gasteiger partial charge in [-0.1, -0.05) is 11.6 Å². The van der Waals surface area contributed by atoms with E-state index in [0.29, 0.717) is 12.8 Å². The molecule has 0 amide bonds. The first kappa shape index (κ1) is 15.0. The molecule has 0 saturated heterocycles. The van der Waals surface area contributed by atoms with Crippen LogP contribution in [0, 0.1) is 0 Å².